The molecule has 1 aliphatic rings. The molecule has 0 unspecified atom stereocenters. The Labute approximate surface area is 105 Å². The van der Waals surface area contributed by atoms with Gasteiger partial charge in [0.05, 0.1) is 6.42 Å². The van der Waals surface area contributed by atoms with Gasteiger partial charge in [-0.3, -0.25) is 14.8 Å². The second-order valence-corrected chi connectivity index (χ2v) is 4.38. The first-order valence-electron chi connectivity index (χ1n) is 5.99. The lowest BCUT2D eigenvalue weighted by Crippen LogP contribution is -2.45. The number of carbonyl (C=O) groups is 2. The molecule has 1 saturated heterocycles. The number of nitrogens with one attached hydrogen (secondary N) is 1. The molecule has 1 atom stereocenters. The summed E-state index contributed by atoms with van der Waals surface area (Å²) in [6, 6.07) is 8.89. The summed E-state index contributed by atoms with van der Waals surface area (Å²) in [5.41, 5.74) is 2.55. The van der Waals surface area contributed by atoms with Crippen molar-refractivity contribution in [2.45, 2.75) is 25.3 Å². The summed E-state index contributed by atoms with van der Waals surface area (Å²) in [5.74, 6) is -0.582. The van der Waals surface area contributed by atoms with Crippen LogP contribution < -0.4 is 5.48 Å². The summed E-state index contributed by atoms with van der Waals surface area (Å²) in [5, 5.41) is 8.65. The Balaban J connectivity index is 2.02. The van der Waals surface area contributed by atoms with Crippen molar-refractivity contribution < 1.29 is 14.8 Å². The molecule has 0 aliphatic carbocycles. The first-order chi connectivity index (χ1) is 8.72. The summed E-state index contributed by atoms with van der Waals surface area (Å²) < 4.78 is 0. The fourth-order valence-electron chi connectivity index (χ4n) is 2.28. The van der Waals surface area contributed by atoms with E-state index in [0.29, 0.717) is 13.0 Å². The Morgan fingerprint density at radius 1 is 1.33 bits per heavy atom. The van der Waals surface area contributed by atoms with Crippen LogP contribution in [0.25, 0.3) is 0 Å². The van der Waals surface area contributed by atoms with E-state index in [0.717, 1.165) is 12.0 Å². The second-order valence-electron chi connectivity index (χ2n) is 4.38. The SMILES string of the molecule is O=C(NO)[C@@H]1CCCN1C(=O)Cc1ccccc1. The molecule has 0 radical (unpaired) electrons. The number of rotatable bonds is 3. The fraction of sp³-hybridized carbons (Fsp3) is 0.385. The topological polar surface area (TPSA) is 69.6 Å². The first-order valence-corrected chi connectivity index (χ1v) is 5.99. The van der Waals surface area contributed by atoms with Crippen LogP contribution in [0.2, 0.25) is 0 Å². The lowest BCUT2D eigenvalue weighted by molar-refractivity contribution is -0.142. The van der Waals surface area contributed by atoms with Gasteiger partial charge in [-0.1, -0.05) is 30.3 Å². The van der Waals surface area contributed by atoms with Crippen LogP contribution in [0.3, 0.4) is 0 Å². The predicted molar refractivity (Wildman–Crippen MR) is 64.8 cm³/mol. The maximum absolute atomic E-state index is 12.1. The van der Waals surface area contributed by atoms with Gasteiger partial charge in [0.15, 0.2) is 0 Å². The van der Waals surface area contributed by atoms with Crippen molar-refractivity contribution in [1.82, 2.24) is 10.4 Å². The Hall–Kier alpha value is -1.88. The molecule has 0 saturated carbocycles. The predicted octanol–water partition coefficient (Wildman–Crippen LogP) is 0.725. The molecule has 18 heavy (non-hydrogen) atoms. The van der Waals surface area contributed by atoms with Crippen LogP contribution in [0.1, 0.15) is 18.4 Å². The number of hydroxylamine groups is 1. The Morgan fingerprint density at radius 2 is 2.06 bits per heavy atom. The average Bonchev–Trinajstić information content (AvgIpc) is 2.88. The van der Waals surface area contributed by atoms with Gasteiger partial charge in [0.2, 0.25) is 5.91 Å². The molecule has 1 aromatic carbocycles. The molecule has 1 aliphatic heterocycles. The standard InChI is InChI=1S/C13H16N2O3/c16-12(9-10-5-2-1-3-6-10)15-8-4-7-11(15)13(17)14-18/h1-3,5-6,11,18H,4,7-9H2,(H,14,17)/t11-/m0/s1. The number of amides is 2. The number of nitrogens with zero attached hydrogens (tertiary/aromatic N) is 1. The summed E-state index contributed by atoms with van der Waals surface area (Å²) in [4.78, 5) is 25.1. The van der Waals surface area contributed by atoms with Crippen LogP contribution in [0.4, 0.5) is 0 Å². The zero-order chi connectivity index (χ0) is 13.0. The van der Waals surface area contributed by atoms with E-state index in [1.165, 1.54) is 0 Å². The van der Waals surface area contributed by atoms with Gasteiger partial charge < -0.3 is 4.90 Å². The highest BCUT2D eigenvalue weighted by molar-refractivity contribution is 5.88. The average molecular weight is 248 g/mol. The van der Waals surface area contributed by atoms with Crippen molar-refractivity contribution in [1.29, 1.82) is 0 Å². The number of likely N-dealkylation sites (tertiary alicyclic amines) is 1. The molecular formula is C13H16N2O3. The second kappa shape index (κ2) is 5.64. The van der Waals surface area contributed by atoms with Gasteiger partial charge in [-0.2, -0.15) is 0 Å². The van der Waals surface area contributed by atoms with E-state index in [9.17, 15) is 9.59 Å². The molecule has 2 rings (SSSR count). The molecule has 0 spiro atoms. The minimum atomic E-state index is -0.536. The van der Waals surface area contributed by atoms with E-state index in [1.807, 2.05) is 30.3 Å². The van der Waals surface area contributed by atoms with Crippen LogP contribution in [0, 0.1) is 0 Å². The highest BCUT2D eigenvalue weighted by Gasteiger charge is 2.33. The van der Waals surface area contributed by atoms with Crippen LogP contribution >= 0.6 is 0 Å². The van der Waals surface area contributed by atoms with Crippen LogP contribution in [-0.4, -0.2) is 34.5 Å². The summed E-state index contributed by atoms with van der Waals surface area (Å²) in [6.07, 6.45) is 1.68. The lowest BCUT2D eigenvalue weighted by Gasteiger charge is -2.22. The summed E-state index contributed by atoms with van der Waals surface area (Å²) in [6.45, 7) is 0.573. The monoisotopic (exact) mass is 248 g/mol. The van der Waals surface area contributed by atoms with Crippen molar-refractivity contribution >= 4 is 11.8 Å². The molecule has 0 aromatic heterocycles. The van der Waals surface area contributed by atoms with Gasteiger partial charge in [0, 0.05) is 6.54 Å². The van der Waals surface area contributed by atoms with Crippen molar-refractivity contribution in [3.63, 3.8) is 0 Å². The highest BCUT2D eigenvalue weighted by Crippen LogP contribution is 2.18. The van der Waals surface area contributed by atoms with E-state index < -0.39 is 11.9 Å². The first kappa shape index (κ1) is 12.6. The molecule has 2 N–H and O–H groups in total. The van der Waals surface area contributed by atoms with Crippen LogP contribution in [0.15, 0.2) is 30.3 Å². The maximum atomic E-state index is 12.1. The van der Waals surface area contributed by atoms with Gasteiger partial charge in [0.1, 0.15) is 6.04 Å². The number of benzene rings is 1. The highest BCUT2D eigenvalue weighted by atomic mass is 16.5. The lowest BCUT2D eigenvalue weighted by atomic mass is 10.1. The summed E-state index contributed by atoms with van der Waals surface area (Å²) >= 11 is 0. The molecule has 1 fully saturated rings. The molecule has 1 aromatic rings. The molecular weight excluding hydrogens is 232 g/mol. The number of carbonyl (C=O) groups excluding carboxylic acids is 2. The third kappa shape index (κ3) is 2.68. The Morgan fingerprint density at radius 3 is 2.72 bits per heavy atom. The minimum absolute atomic E-state index is 0.0766. The Bertz CT molecular complexity index is 433. The zero-order valence-electron chi connectivity index (χ0n) is 10.0. The Kier molecular flexibility index (Phi) is 3.94. The molecule has 96 valence electrons. The van der Waals surface area contributed by atoms with Crippen LogP contribution in [0.5, 0.6) is 0 Å². The summed E-state index contributed by atoms with van der Waals surface area (Å²) in [7, 11) is 0. The van der Waals surface area contributed by atoms with Gasteiger partial charge in [0.25, 0.3) is 5.91 Å². The van der Waals surface area contributed by atoms with Gasteiger partial charge >= 0.3 is 0 Å². The van der Waals surface area contributed by atoms with Gasteiger partial charge in [-0.15, -0.1) is 0 Å². The van der Waals surface area contributed by atoms with E-state index in [2.05, 4.69) is 0 Å². The normalized spacial score (nSPS) is 18.7. The third-order valence-corrected chi connectivity index (χ3v) is 3.18. The molecule has 5 heteroatoms. The van der Waals surface area contributed by atoms with Gasteiger partial charge in [-0.25, -0.2) is 5.48 Å². The van der Waals surface area contributed by atoms with Crippen molar-refractivity contribution in [3.8, 4) is 0 Å². The fourth-order valence-corrected chi connectivity index (χ4v) is 2.28. The minimum Gasteiger partial charge on any atom is -0.330 e. The zero-order valence-corrected chi connectivity index (χ0v) is 10.0. The van der Waals surface area contributed by atoms with E-state index in [-0.39, 0.29) is 12.3 Å². The largest absolute Gasteiger partial charge is 0.330 e. The van der Waals surface area contributed by atoms with Crippen LogP contribution in [-0.2, 0) is 16.0 Å². The van der Waals surface area contributed by atoms with Crippen molar-refractivity contribution in [3.05, 3.63) is 35.9 Å². The van der Waals surface area contributed by atoms with E-state index in [1.54, 1.807) is 10.4 Å². The number of hydrogen-bond acceptors (Lipinski definition) is 3. The maximum Gasteiger partial charge on any atom is 0.266 e. The van der Waals surface area contributed by atoms with Crippen molar-refractivity contribution in [2.24, 2.45) is 0 Å². The molecule has 5 nitrogen and oxygen atoms in total. The van der Waals surface area contributed by atoms with E-state index >= 15 is 0 Å². The molecule has 0 bridgehead atoms. The van der Waals surface area contributed by atoms with E-state index in [4.69, 9.17) is 5.21 Å². The third-order valence-electron chi connectivity index (χ3n) is 3.18. The smallest absolute Gasteiger partial charge is 0.266 e. The number of hydrogen-bond donors (Lipinski definition) is 2. The molecule has 1 heterocycles. The quantitative estimate of drug-likeness (QED) is 0.612. The molecule has 2 amide bonds. The van der Waals surface area contributed by atoms with Crippen molar-refractivity contribution in [2.75, 3.05) is 6.54 Å². The van der Waals surface area contributed by atoms with Gasteiger partial charge in [-0.05, 0) is 18.4 Å².